The summed E-state index contributed by atoms with van der Waals surface area (Å²) >= 11 is 0. The Morgan fingerprint density at radius 3 is 2.90 bits per heavy atom. The van der Waals surface area contributed by atoms with Gasteiger partial charge in [-0.05, 0) is 31.5 Å². The van der Waals surface area contributed by atoms with Crippen molar-refractivity contribution in [2.45, 2.75) is 12.8 Å². The monoisotopic (exact) mass is 313 g/mol. The van der Waals surface area contributed by atoms with Crippen molar-refractivity contribution in [1.29, 1.82) is 0 Å². The van der Waals surface area contributed by atoms with Gasteiger partial charge in [0.05, 0.1) is 5.92 Å². The minimum Gasteiger partial charge on any atom is -0.484 e. The predicted octanol–water partition coefficient (Wildman–Crippen LogP) is 0.911. The molecule has 7 heteroatoms. The van der Waals surface area contributed by atoms with Crippen LogP contribution in [0, 0.1) is 5.92 Å². The third kappa shape index (κ3) is 5.61. The molecule has 4 N–H and O–H groups in total. The lowest BCUT2D eigenvalue weighted by Crippen LogP contribution is -2.37. The van der Waals surface area contributed by atoms with Crippen molar-refractivity contribution in [3.05, 3.63) is 24.3 Å². The summed E-state index contributed by atoms with van der Waals surface area (Å²) in [4.78, 5) is 22.7. The Hall–Kier alpha value is -1.79. The highest BCUT2D eigenvalue weighted by atomic mass is 35.5. The molecule has 0 aromatic heterocycles. The lowest BCUT2D eigenvalue weighted by atomic mass is 9.99. The minimum absolute atomic E-state index is 0. The van der Waals surface area contributed by atoms with Crippen molar-refractivity contribution in [3.63, 3.8) is 0 Å². The standard InChI is InChI=1S/C14H19N3O3.ClH/c15-13(18)9-20-12-5-1-4-11(7-12)17-14(19)10-3-2-6-16-8-10;/h1,4-5,7,10,16H,2-3,6,8-9H2,(H2,15,18)(H,17,19);1H/t10-;/m1./s1. The number of nitrogens with one attached hydrogen (secondary N) is 2. The lowest BCUT2D eigenvalue weighted by Gasteiger charge is -2.22. The maximum Gasteiger partial charge on any atom is 0.255 e. The number of carbonyl (C=O) groups excluding carboxylic acids is 2. The number of hydrogen-bond acceptors (Lipinski definition) is 4. The van der Waals surface area contributed by atoms with E-state index < -0.39 is 5.91 Å². The van der Waals surface area contributed by atoms with Crippen molar-refractivity contribution < 1.29 is 14.3 Å². The van der Waals surface area contributed by atoms with Crippen LogP contribution in [0.3, 0.4) is 0 Å². The van der Waals surface area contributed by atoms with E-state index in [1.807, 2.05) is 0 Å². The van der Waals surface area contributed by atoms with E-state index in [0.717, 1.165) is 19.4 Å². The highest BCUT2D eigenvalue weighted by Crippen LogP contribution is 2.19. The molecule has 0 saturated carbocycles. The molecular formula is C14H20ClN3O3. The van der Waals surface area contributed by atoms with Crippen LogP contribution in [-0.4, -0.2) is 31.5 Å². The van der Waals surface area contributed by atoms with Gasteiger partial charge in [0, 0.05) is 18.3 Å². The Labute approximate surface area is 129 Å². The molecule has 1 aromatic rings. The fourth-order valence-corrected chi connectivity index (χ4v) is 2.14. The van der Waals surface area contributed by atoms with Gasteiger partial charge in [0.2, 0.25) is 5.91 Å². The number of carbonyl (C=O) groups is 2. The number of nitrogens with two attached hydrogens (primary N) is 1. The number of rotatable bonds is 5. The van der Waals surface area contributed by atoms with Crippen molar-refractivity contribution in [2.75, 3.05) is 25.0 Å². The van der Waals surface area contributed by atoms with Crippen molar-refractivity contribution in [3.8, 4) is 5.75 Å². The molecule has 0 spiro atoms. The largest absolute Gasteiger partial charge is 0.484 e. The molecule has 0 radical (unpaired) electrons. The van der Waals surface area contributed by atoms with Gasteiger partial charge in [-0.25, -0.2) is 0 Å². The highest BCUT2D eigenvalue weighted by molar-refractivity contribution is 5.93. The molecule has 6 nitrogen and oxygen atoms in total. The molecule has 1 aliphatic heterocycles. The first-order chi connectivity index (χ1) is 9.65. The molecule has 1 heterocycles. The number of hydrogen-bond donors (Lipinski definition) is 3. The zero-order valence-corrected chi connectivity index (χ0v) is 12.4. The van der Waals surface area contributed by atoms with Crippen LogP contribution < -0.4 is 21.1 Å². The summed E-state index contributed by atoms with van der Waals surface area (Å²) in [6, 6.07) is 6.92. The van der Waals surface area contributed by atoms with E-state index in [1.54, 1.807) is 24.3 Å². The second-order valence-electron chi connectivity index (χ2n) is 4.82. The number of primary amides is 1. The molecule has 2 amide bonds. The van der Waals surface area contributed by atoms with E-state index >= 15 is 0 Å². The molecule has 0 aliphatic carbocycles. The van der Waals surface area contributed by atoms with Crippen molar-refractivity contribution in [2.24, 2.45) is 11.7 Å². The van der Waals surface area contributed by atoms with E-state index in [0.29, 0.717) is 18.0 Å². The first kappa shape index (κ1) is 17.3. The van der Waals surface area contributed by atoms with Crippen LogP contribution in [0.5, 0.6) is 5.75 Å². The lowest BCUT2D eigenvalue weighted by molar-refractivity contribution is -0.121. The molecule has 116 valence electrons. The number of piperidine rings is 1. The van der Waals surface area contributed by atoms with Crippen LogP contribution in [0.1, 0.15) is 12.8 Å². The van der Waals surface area contributed by atoms with Crippen LogP contribution in [0.25, 0.3) is 0 Å². The van der Waals surface area contributed by atoms with Gasteiger partial charge in [0.15, 0.2) is 6.61 Å². The molecule has 21 heavy (non-hydrogen) atoms. The molecule has 1 aromatic carbocycles. The third-order valence-electron chi connectivity index (χ3n) is 3.15. The quantitative estimate of drug-likeness (QED) is 0.753. The normalized spacial score (nSPS) is 17.4. The van der Waals surface area contributed by atoms with E-state index in [2.05, 4.69) is 10.6 Å². The zero-order chi connectivity index (χ0) is 14.4. The Kier molecular flexibility index (Phi) is 6.98. The summed E-state index contributed by atoms with van der Waals surface area (Å²) in [7, 11) is 0. The fraction of sp³-hybridized carbons (Fsp3) is 0.429. The molecular weight excluding hydrogens is 294 g/mol. The Bertz CT molecular complexity index is 490. The Morgan fingerprint density at radius 1 is 1.43 bits per heavy atom. The van der Waals surface area contributed by atoms with E-state index in [1.165, 1.54) is 0 Å². The minimum atomic E-state index is -0.535. The van der Waals surface area contributed by atoms with Gasteiger partial charge in [-0.2, -0.15) is 0 Å². The van der Waals surface area contributed by atoms with Crippen LogP contribution in [-0.2, 0) is 9.59 Å². The number of amides is 2. The first-order valence-corrected chi connectivity index (χ1v) is 6.68. The molecule has 0 unspecified atom stereocenters. The van der Waals surface area contributed by atoms with E-state index in [4.69, 9.17) is 10.5 Å². The third-order valence-corrected chi connectivity index (χ3v) is 3.15. The second-order valence-corrected chi connectivity index (χ2v) is 4.82. The molecule has 1 atom stereocenters. The summed E-state index contributed by atoms with van der Waals surface area (Å²) in [6.45, 7) is 1.51. The Balaban J connectivity index is 0.00000220. The zero-order valence-electron chi connectivity index (χ0n) is 11.6. The Morgan fingerprint density at radius 2 is 2.24 bits per heavy atom. The van der Waals surface area contributed by atoms with Gasteiger partial charge in [0.25, 0.3) is 5.91 Å². The highest BCUT2D eigenvalue weighted by Gasteiger charge is 2.20. The second kappa shape index (κ2) is 8.49. The van der Waals surface area contributed by atoms with Crippen LogP contribution in [0.4, 0.5) is 5.69 Å². The van der Waals surface area contributed by atoms with Crippen LogP contribution >= 0.6 is 12.4 Å². The summed E-state index contributed by atoms with van der Waals surface area (Å²) in [5.74, 6) is -0.0284. The maximum absolute atomic E-state index is 12.1. The smallest absolute Gasteiger partial charge is 0.255 e. The number of ether oxygens (including phenoxy) is 1. The van der Waals surface area contributed by atoms with Gasteiger partial charge in [-0.1, -0.05) is 6.07 Å². The number of anilines is 1. The van der Waals surface area contributed by atoms with Gasteiger partial charge in [-0.15, -0.1) is 12.4 Å². The number of halogens is 1. The molecule has 1 aliphatic rings. The SMILES string of the molecule is Cl.NC(=O)COc1cccc(NC(=O)[C@@H]2CCCNC2)c1. The molecule has 0 bridgehead atoms. The maximum atomic E-state index is 12.1. The first-order valence-electron chi connectivity index (χ1n) is 6.68. The van der Waals surface area contributed by atoms with E-state index in [9.17, 15) is 9.59 Å². The van der Waals surface area contributed by atoms with Crippen molar-refractivity contribution in [1.82, 2.24) is 5.32 Å². The van der Waals surface area contributed by atoms with Gasteiger partial charge in [-0.3, -0.25) is 9.59 Å². The van der Waals surface area contributed by atoms with Crippen LogP contribution in [0.15, 0.2) is 24.3 Å². The van der Waals surface area contributed by atoms with E-state index in [-0.39, 0.29) is 30.8 Å². The van der Waals surface area contributed by atoms with Crippen molar-refractivity contribution >= 4 is 29.9 Å². The average Bonchev–Trinajstić information content (AvgIpc) is 2.46. The predicted molar refractivity (Wildman–Crippen MR) is 82.6 cm³/mol. The van der Waals surface area contributed by atoms with Gasteiger partial charge >= 0.3 is 0 Å². The van der Waals surface area contributed by atoms with Gasteiger partial charge < -0.3 is 21.1 Å². The van der Waals surface area contributed by atoms with Crippen LogP contribution in [0.2, 0.25) is 0 Å². The molecule has 1 saturated heterocycles. The summed E-state index contributed by atoms with van der Waals surface area (Å²) in [6.07, 6.45) is 1.91. The summed E-state index contributed by atoms with van der Waals surface area (Å²) in [5, 5.41) is 6.07. The fourth-order valence-electron chi connectivity index (χ4n) is 2.14. The molecule has 2 rings (SSSR count). The average molecular weight is 314 g/mol. The van der Waals surface area contributed by atoms with Gasteiger partial charge in [0.1, 0.15) is 5.75 Å². The molecule has 1 fully saturated rings. The summed E-state index contributed by atoms with van der Waals surface area (Å²) < 4.78 is 5.20. The number of benzene rings is 1. The topological polar surface area (TPSA) is 93.5 Å². The summed E-state index contributed by atoms with van der Waals surface area (Å²) in [5.41, 5.74) is 5.67.